The summed E-state index contributed by atoms with van der Waals surface area (Å²) in [7, 11) is -3.88. The highest BCUT2D eigenvalue weighted by molar-refractivity contribution is 7.87. The summed E-state index contributed by atoms with van der Waals surface area (Å²) >= 11 is 0. The average molecular weight is 519 g/mol. The van der Waals surface area contributed by atoms with E-state index in [0.29, 0.717) is 13.0 Å². The predicted octanol–water partition coefficient (Wildman–Crippen LogP) is 8.02. The minimum Gasteiger partial charge on any atom is -0.466 e. The van der Waals surface area contributed by atoms with E-state index in [9.17, 15) is 18.0 Å². The van der Waals surface area contributed by atoms with Crippen LogP contribution in [0.25, 0.3) is 0 Å². The molecule has 0 aromatic rings. The van der Waals surface area contributed by atoms with Gasteiger partial charge in [-0.3, -0.25) is 9.59 Å². The van der Waals surface area contributed by atoms with Crippen molar-refractivity contribution in [1.29, 1.82) is 0 Å². The van der Waals surface area contributed by atoms with Crippen LogP contribution in [0.4, 0.5) is 0 Å². The van der Waals surface area contributed by atoms with Gasteiger partial charge in [0.25, 0.3) is 0 Å². The number of rotatable bonds is 26. The van der Waals surface area contributed by atoms with Crippen LogP contribution in [0.5, 0.6) is 0 Å². The molecular weight excluding hydrogens is 464 g/mol. The number of unbranched alkanes of at least 4 members (excludes halogenated alkanes) is 18. The van der Waals surface area contributed by atoms with Crippen LogP contribution in [0.15, 0.2) is 0 Å². The summed E-state index contributed by atoms with van der Waals surface area (Å²) in [5, 5.41) is 0. The Morgan fingerprint density at radius 1 is 0.514 bits per heavy atom. The lowest BCUT2D eigenvalue weighted by Gasteiger charge is -2.07. The SMILES string of the molecule is CCCCCCCCCCCCOC(=O)CCC(=O)OS(=O)(=O)CCCCCCCCCCCC. The predicted molar refractivity (Wildman–Crippen MR) is 144 cm³/mol. The zero-order valence-electron chi connectivity index (χ0n) is 22.8. The molecule has 0 aliphatic carbocycles. The van der Waals surface area contributed by atoms with Gasteiger partial charge in [-0.15, -0.1) is 0 Å². The Balaban J connectivity index is 3.61. The molecule has 0 saturated heterocycles. The summed E-state index contributed by atoms with van der Waals surface area (Å²) in [6.07, 6.45) is 22.7. The Bertz CT molecular complexity index is 603. The maximum Gasteiger partial charge on any atom is 0.322 e. The Morgan fingerprint density at radius 2 is 0.886 bits per heavy atom. The van der Waals surface area contributed by atoms with Gasteiger partial charge >= 0.3 is 22.1 Å². The largest absolute Gasteiger partial charge is 0.466 e. The fraction of sp³-hybridized carbons (Fsp3) is 0.929. The van der Waals surface area contributed by atoms with Crippen molar-refractivity contribution >= 4 is 22.1 Å². The highest BCUT2D eigenvalue weighted by Crippen LogP contribution is 2.12. The van der Waals surface area contributed by atoms with Gasteiger partial charge in [-0.25, -0.2) is 0 Å². The molecular formula is C28H54O6S. The van der Waals surface area contributed by atoms with E-state index in [1.54, 1.807) is 0 Å². The first-order valence-corrected chi connectivity index (χ1v) is 16.1. The molecule has 0 atom stereocenters. The van der Waals surface area contributed by atoms with Gasteiger partial charge in [-0.2, -0.15) is 8.42 Å². The second kappa shape index (κ2) is 24.6. The first kappa shape index (κ1) is 33.9. The molecule has 0 rings (SSSR count). The van der Waals surface area contributed by atoms with Crippen LogP contribution in [0, 0.1) is 0 Å². The second-order valence-corrected chi connectivity index (χ2v) is 11.5. The van der Waals surface area contributed by atoms with Crippen LogP contribution in [-0.4, -0.2) is 32.7 Å². The van der Waals surface area contributed by atoms with E-state index >= 15 is 0 Å². The van der Waals surface area contributed by atoms with Crippen molar-refractivity contribution in [2.75, 3.05) is 12.4 Å². The van der Waals surface area contributed by atoms with Crippen LogP contribution in [0.1, 0.15) is 155 Å². The number of carbonyl (C=O) groups is 2. The summed E-state index contributed by atoms with van der Waals surface area (Å²) < 4.78 is 33.6. The summed E-state index contributed by atoms with van der Waals surface area (Å²) in [6, 6.07) is 0. The van der Waals surface area contributed by atoms with E-state index in [4.69, 9.17) is 4.74 Å². The topological polar surface area (TPSA) is 86.7 Å². The van der Waals surface area contributed by atoms with Crippen LogP contribution >= 0.6 is 0 Å². The van der Waals surface area contributed by atoms with Crippen molar-refractivity contribution in [3.63, 3.8) is 0 Å². The first-order valence-electron chi connectivity index (χ1n) is 14.5. The molecule has 0 aromatic carbocycles. The minimum absolute atomic E-state index is 0.148. The summed E-state index contributed by atoms with van der Waals surface area (Å²) in [5.74, 6) is -1.52. The molecule has 0 unspecified atom stereocenters. The van der Waals surface area contributed by atoms with Gasteiger partial charge in [0.2, 0.25) is 0 Å². The fourth-order valence-corrected chi connectivity index (χ4v) is 5.05. The molecule has 0 aromatic heterocycles. The minimum atomic E-state index is -3.88. The number of esters is 1. The molecule has 0 radical (unpaired) electrons. The van der Waals surface area contributed by atoms with Crippen molar-refractivity contribution in [1.82, 2.24) is 0 Å². The van der Waals surface area contributed by atoms with Gasteiger partial charge in [0.1, 0.15) is 0 Å². The van der Waals surface area contributed by atoms with Gasteiger partial charge in [-0.05, 0) is 12.8 Å². The third-order valence-corrected chi connectivity index (χ3v) is 7.49. The Labute approximate surface area is 216 Å². The third kappa shape index (κ3) is 25.8. The van der Waals surface area contributed by atoms with Crippen molar-refractivity contribution in [3.05, 3.63) is 0 Å². The van der Waals surface area contributed by atoms with E-state index in [0.717, 1.165) is 38.5 Å². The summed E-state index contributed by atoms with van der Waals surface area (Å²) in [5.41, 5.74) is 0. The van der Waals surface area contributed by atoms with Gasteiger partial charge in [-0.1, -0.05) is 129 Å². The van der Waals surface area contributed by atoms with Gasteiger partial charge in [0.05, 0.1) is 25.2 Å². The van der Waals surface area contributed by atoms with E-state index in [1.807, 2.05) is 0 Å². The van der Waals surface area contributed by atoms with Crippen molar-refractivity contribution < 1.29 is 26.9 Å². The lowest BCUT2D eigenvalue weighted by atomic mass is 10.1. The van der Waals surface area contributed by atoms with E-state index in [1.165, 1.54) is 83.5 Å². The summed E-state index contributed by atoms with van der Waals surface area (Å²) in [6.45, 7) is 4.78. The molecule has 0 bridgehead atoms. The average Bonchev–Trinajstić information content (AvgIpc) is 2.82. The molecule has 0 spiro atoms. The molecule has 0 aliphatic rings. The lowest BCUT2D eigenvalue weighted by Crippen LogP contribution is -2.17. The number of hydrogen-bond donors (Lipinski definition) is 0. The Hall–Kier alpha value is -1.11. The third-order valence-electron chi connectivity index (χ3n) is 6.26. The molecule has 6 nitrogen and oxygen atoms in total. The monoisotopic (exact) mass is 518 g/mol. The van der Waals surface area contributed by atoms with Crippen LogP contribution < -0.4 is 0 Å². The normalized spacial score (nSPS) is 11.5. The van der Waals surface area contributed by atoms with Crippen LogP contribution in [0.2, 0.25) is 0 Å². The van der Waals surface area contributed by atoms with Crippen molar-refractivity contribution in [2.24, 2.45) is 0 Å². The number of hydrogen-bond acceptors (Lipinski definition) is 6. The van der Waals surface area contributed by atoms with Crippen LogP contribution in [0.3, 0.4) is 0 Å². The molecule has 0 N–H and O–H groups in total. The standard InChI is InChI=1S/C28H54O6S/c1-3-5-7-9-11-13-15-17-19-21-25-33-27(29)23-24-28(30)34-35(31,32)26-22-20-18-16-14-12-10-8-6-4-2/h3-26H2,1-2H3. The van der Waals surface area contributed by atoms with Gasteiger partial charge in [0.15, 0.2) is 0 Å². The molecule has 0 amide bonds. The van der Waals surface area contributed by atoms with E-state index in [2.05, 4.69) is 18.0 Å². The second-order valence-electron chi connectivity index (χ2n) is 9.80. The molecule has 0 saturated carbocycles. The highest BCUT2D eigenvalue weighted by atomic mass is 32.2. The van der Waals surface area contributed by atoms with Crippen molar-refractivity contribution in [3.8, 4) is 0 Å². The van der Waals surface area contributed by atoms with E-state index < -0.39 is 22.1 Å². The fourth-order valence-electron chi connectivity index (χ4n) is 4.04. The number of carbonyl (C=O) groups excluding carboxylic acids is 2. The molecule has 0 fully saturated rings. The summed E-state index contributed by atoms with van der Waals surface area (Å²) in [4.78, 5) is 23.6. The van der Waals surface area contributed by atoms with Crippen molar-refractivity contribution in [2.45, 2.75) is 155 Å². The van der Waals surface area contributed by atoms with Gasteiger partial charge in [0, 0.05) is 0 Å². The smallest absolute Gasteiger partial charge is 0.322 e. The number of ether oxygens (including phenoxy) is 1. The first-order chi connectivity index (χ1) is 16.9. The van der Waals surface area contributed by atoms with E-state index in [-0.39, 0.29) is 18.6 Å². The van der Waals surface area contributed by atoms with Gasteiger partial charge < -0.3 is 8.92 Å². The zero-order valence-corrected chi connectivity index (χ0v) is 23.6. The quantitative estimate of drug-likeness (QED) is 0.0654. The highest BCUT2D eigenvalue weighted by Gasteiger charge is 2.18. The molecule has 0 heterocycles. The van der Waals surface area contributed by atoms with Crippen LogP contribution in [-0.2, 0) is 28.6 Å². The Kier molecular flexibility index (Phi) is 23.8. The molecule has 35 heavy (non-hydrogen) atoms. The zero-order chi connectivity index (χ0) is 26.0. The lowest BCUT2D eigenvalue weighted by molar-refractivity contribution is -0.147. The molecule has 0 aliphatic heterocycles. The molecule has 7 heteroatoms. The maximum atomic E-state index is 11.9. The maximum absolute atomic E-state index is 11.9. The Morgan fingerprint density at radius 3 is 1.34 bits per heavy atom. The molecule has 208 valence electrons.